The molecule has 2 rings (SSSR count). The number of alkyl halides is 3. The molecular weight excluding hydrogens is 295 g/mol. The SMILES string of the molecule is CCC(C)CSc1ccc(CNC2CC2)c(C(F)(F)F)c1. The summed E-state index contributed by atoms with van der Waals surface area (Å²) in [7, 11) is 0. The van der Waals surface area contributed by atoms with Crippen LogP contribution in [0.15, 0.2) is 23.1 Å². The molecule has 21 heavy (non-hydrogen) atoms. The third-order valence-corrected chi connectivity index (χ3v) is 5.10. The number of hydrogen-bond donors (Lipinski definition) is 1. The lowest BCUT2D eigenvalue weighted by molar-refractivity contribution is -0.138. The molecule has 1 N–H and O–H groups in total. The van der Waals surface area contributed by atoms with Crippen molar-refractivity contribution in [1.29, 1.82) is 0 Å². The first-order valence-electron chi connectivity index (χ1n) is 7.46. The summed E-state index contributed by atoms with van der Waals surface area (Å²) >= 11 is 1.51. The molecule has 1 nitrogen and oxygen atoms in total. The fourth-order valence-electron chi connectivity index (χ4n) is 1.96. The second kappa shape index (κ2) is 7.05. The number of halogens is 3. The third-order valence-electron chi connectivity index (χ3n) is 3.78. The van der Waals surface area contributed by atoms with Gasteiger partial charge in [-0.2, -0.15) is 13.2 Å². The van der Waals surface area contributed by atoms with Crippen LogP contribution in [0.25, 0.3) is 0 Å². The zero-order chi connectivity index (χ0) is 15.5. The first kappa shape index (κ1) is 16.7. The smallest absolute Gasteiger partial charge is 0.310 e. The van der Waals surface area contributed by atoms with E-state index in [1.54, 1.807) is 6.07 Å². The van der Waals surface area contributed by atoms with Gasteiger partial charge < -0.3 is 5.32 Å². The molecule has 5 heteroatoms. The van der Waals surface area contributed by atoms with Gasteiger partial charge in [-0.1, -0.05) is 26.3 Å². The molecule has 1 aliphatic carbocycles. The van der Waals surface area contributed by atoms with Crippen molar-refractivity contribution in [3.05, 3.63) is 29.3 Å². The molecule has 1 aromatic carbocycles. The van der Waals surface area contributed by atoms with Crippen molar-refractivity contribution in [3.63, 3.8) is 0 Å². The van der Waals surface area contributed by atoms with E-state index < -0.39 is 11.7 Å². The van der Waals surface area contributed by atoms with Gasteiger partial charge in [0, 0.05) is 23.2 Å². The van der Waals surface area contributed by atoms with Crippen LogP contribution in [0.1, 0.15) is 44.2 Å². The molecule has 0 heterocycles. The maximum Gasteiger partial charge on any atom is 0.416 e. The number of hydrogen-bond acceptors (Lipinski definition) is 2. The van der Waals surface area contributed by atoms with Crippen LogP contribution >= 0.6 is 11.8 Å². The van der Waals surface area contributed by atoms with E-state index in [-0.39, 0.29) is 0 Å². The van der Waals surface area contributed by atoms with E-state index >= 15 is 0 Å². The van der Waals surface area contributed by atoms with Gasteiger partial charge in [-0.05, 0) is 36.5 Å². The summed E-state index contributed by atoms with van der Waals surface area (Å²) in [5, 5.41) is 3.16. The molecule has 1 unspecified atom stereocenters. The summed E-state index contributed by atoms with van der Waals surface area (Å²) in [5.74, 6) is 1.37. The molecule has 1 aliphatic rings. The molecule has 0 aliphatic heterocycles. The van der Waals surface area contributed by atoms with Gasteiger partial charge in [-0.3, -0.25) is 0 Å². The number of rotatable bonds is 7. The van der Waals surface area contributed by atoms with Gasteiger partial charge in [-0.25, -0.2) is 0 Å². The molecule has 0 aromatic heterocycles. The van der Waals surface area contributed by atoms with Gasteiger partial charge in [0.05, 0.1) is 5.56 Å². The molecule has 0 bridgehead atoms. The van der Waals surface area contributed by atoms with E-state index in [1.165, 1.54) is 17.8 Å². The highest BCUT2D eigenvalue weighted by molar-refractivity contribution is 7.99. The second-order valence-corrected chi connectivity index (χ2v) is 6.89. The molecule has 0 radical (unpaired) electrons. The summed E-state index contributed by atoms with van der Waals surface area (Å²) in [6.07, 6.45) is -1.09. The Morgan fingerprint density at radius 2 is 2.05 bits per heavy atom. The molecule has 0 saturated heterocycles. The van der Waals surface area contributed by atoms with Crippen molar-refractivity contribution < 1.29 is 13.2 Å². The fourth-order valence-corrected chi connectivity index (χ4v) is 3.04. The van der Waals surface area contributed by atoms with Crippen LogP contribution in [0.4, 0.5) is 13.2 Å². The molecule has 1 aromatic rings. The maximum absolute atomic E-state index is 13.2. The minimum absolute atomic E-state index is 0.301. The monoisotopic (exact) mass is 317 g/mol. The highest BCUT2D eigenvalue weighted by Crippen LogP contribution is 2.35. The molecule has 0 spiro atoms. The molecule has 1 saturated carbocycles. The highest BCUT2D eigenvalue weighted by Gasteiger charge is 2.34. The van der Waals surface area contributed by atoms with E-state index in [1.807, 2.05) is 6.07 Å². The van der Waals surface area contributed by atoms with Gasteiger partial charge in [0.15, 0.2) is 0 Å². The van der Waals surface area contributed by atoms with Gasteiger partial charge in [-0.15, -0.1) is 11.8 Å². The van der Waals surface area contributed by atoms with Crippen molar-refractivity contribution in [1.82, 2.24) is 5.32 Å². The summed E-state index contributed by atoms with van der Waals surface area (Å²) in [6.45, 7) is 4.51. The largest absolute Gasteiger partial charge is 0.416 e. The lowest BCUT2D eigenvalue weighted by atomic mass is 10.1. The minimum atomic E-state index is -4.28. The van der Waals surface area contributed by atoms with Crippen LogP contribution in [-0.4, -0.2) is 11.8 Å². The third kappa shape index (κ3) is 5.22. The Morgan fingerprint density at radius 1 is 1.33 bits per heavy atom. The normalized spacial score (nSPS) is 17.0. The van der Waals surface area contributed by atoms with Crippen LogP contribution in [-0.2, 0) is 12.7 Å². The van der Waals surface area contributed by atoms with Crippen LogP contribution < -0.4 is 5.32 Å². The molecule has 1 fully saturated rings. The van der Waals surface area contributed by atoms with Crippen molar-refractivity contribution >= 4 is 11.8 Å². The standard InChI is InChI=1S/C16H22F3NS/c1-3-11(2)10-21-14-7-4-12(9-20-13-5-6-13)15(8-14)16(17,18)19/h4,7-8,11,13,20H,3,5-6,9-10H2,1-2H3. The average Bonchev–Trinajstić information content (AvgIpc) is 3.26. The van der Waals surface area contributed by atoms with E-state index in [4.69, 9.17) is 0 Å². The molecular formula is C16H22F3NS. The number of benzene rings is 1. The maximum atomic E-state index is 13.2. The zero-order valence-electron chi connectivity index (χ0n) is 12.5. The Morgan fingerprint density at radius 3 is 2.62 bits per heavy atom. The van der Waals surface area contributed by atoms with Gasteiger partial charge in [0.2, 0.25) is 0 Å². The van der Waals surface area contributed by atoms with Crippen molar-refractivity contribution in [2.24, 2.45) is 5.92 Å². The summed E-state index contributed by atoms with van der Waals surface area (Å²) in [6, 6.07) is 5.14. The Bertz CT molecular complexity index is 469. The van der Waals surface area contributed by atoms with Crippen molar-refractivity contribution in [2.75, 3.05) is 5.75 Å². The summed E-state index contributed by atoms with van der Waals surface area (Å²) < 4.78 is 39.6. The van der Waals surface area contributed by atoms with Crippen LogP contribution in [0.5, 0.6) is 0 Å². The van der Waals surface area contributed by atoms with Crippen LogP contribution in [0.2, 0.25) is 0 Å². The van der Waals surface area contributed by atoms with Gasteiger partial charge in [0.1, 0.15) is 0 Å². The Hall–Kier alpha value is -0.680. The van der Waals surface area contributed by atoms with Crippen LogP contribution in [0, 0.1) is 5.92 Å². The zero-order valence-corrected chi connectivity index (χ0v) is 13.3. The molecule has 1 atom stereocenters. The summed E-state index contributed by atoms with van der Waals surface area (Å²) in [5.41, 5.74) is -0.146. The van der Waals surface area contributed by atoms with E-state index in [9.17, 15) is 13.2 Å². The average molecular weight is 317 g/mol. The quantitative estimate of drug-likeness (QED) is 0.703. The fraction of sp³-hybridized carbons (Fsp3) is 0.625. The Kier molecular flexibility index (Phi) is 5.60. The molecule has 118 valence electrons. The Labute approximate surface area is 128 Å². The van der Waals surface area contributed by atoms with E-state index in [0.717, 1.165) is 25.0 Å². The van der Waals surface area contributed by atoms with E-state index in [2.05, 4.69) is 19.2 Å². The number of thioether (sulfide) groups is 1. The van der Waals surface area contributed by atoms with Crippen molar-refractivity contribution in [2.45, 2.75) is 56.8 Å². The van der Waals surface area contributed by atoms with Crippen LogP contribution in [0.3, 0.4) is 0 Å². The van der Waals surface area contributed by atoms with Gasteiger partial charge in [0.25, 0.3) is 0 Å². The van der Waals surface area contributed by atoms with Gasteiger partial charge >= 0.3 is 6.18 Å². The predicted octanol–water partition coefficient (Wildman–Crippen LogP) is 5.10. The lowest BCUT2D eigenvalue weighted by Gasteiger charge is -2.15. The minimum Gasteiger partial charge on any atom is -0.310 e. The topological polar surface area (TPSA) is 12.0 Å². The summed E-state index contributed by atoms with van der Waals surface area (Å²) in [4.78, 5) is 0.706. The first-order valence-corrected chi connectivity index (χ1v) is 8.45. The molecule has 0 amide bonds. The first-order chi connectivity index (χ1) is 9.90. The number of nitrogens with one attached hydrogen (secondary N) is 1. The Balaban J connectivity index is 2.09. The lowest BCUT2D eigenvalue weighted by Crippen LogP contribution is -2.19. The highest BCUT2D eigenvalue weighted by atomic mass is 32.2. The second-order valence-electron chi connectivity index (χ2n) is 5.80. The predicted molar refractivity (Wildman–Crippen MR) is 81.5 cm³/mol. The van der Waals surface area contributed by atoms with E-state index in [0.29, 0.717) is 29.0 Å². The van der Waals surface area contributed by atoms with Crippen molar-refractivity contribution in [3.8, 4) is 0 Å².